The van der Waals surface area contributed by atoms with Crippen molar-refractivity contribution in [2.45, 2.75) is 55.4 Å². The molecule has 0 radical (unpaired) electrons. The van der Waals surface area contributed by atoms with Gasteiger partial charge in [-0.25, -0.2) is 10.4 Å². The zero-order chi connectivity index (χ0) is 20.6. The van der Waals surface area contributed by atoms with Gasteiger partial charge in [-0.2, -0.15) is 13.2 Å². The first-order chi connectivity index (χ1) is 13.8. The van der Waals surface area contributed by atoms with Gasteiger partial charge in [-0.05, 0) is 31.7 Å². The van der Waals surface area contributed by atoms with E-state index in [0.29, 0.717) is 31.6 Å². The number of carbonyl (C=O) groups excluding carboxylic acids is 1. The van der Waals surface area contributed by atoms with Gasteiger partial charge in [-0.3, -0.25) is 20.5 Å². The Labute approximate surface area is 174 Å². The number of alkyl halides is 4. The predicted octanol–water partition coefficient (Wildman–Crippen LogP) is 0.428. The summed E-state index contributed by atoms with van der Waals surface area (Å²) in [6.45, 7) is 4.39. The van der Waals surface area contributed by atoms with Gasteiger partial charge < -0.3 is 5.32 Å². The molecule has 0 aliphatic carbocycles. The molecule has 0 aromatic carbocycles. The van der Waals surface area contributed by atoms with Gasteiger partial charge in [0.25, 0.3) is 5.91 Å². The Balaban J connectivity index is 1.34. The van der Waals surface area contributed by atoms with Crippen molar-refractivity contribution in [2.75, 3.05) is 39.3 Å². The number of carbonyl (C=O) groups is 1. The molecule has 0 saturated carbocycles. The van der Waals surface area contributed by atoms with Crippen LogP contribution in [0, 0.1) is 11.8 Å². The van der Waals surface area contributed by atoms with E-state index in [1.807, 2.05) is 0 Å². The molecule has 0 spiro atoms. The molecule has 4 fully saturated rings. The summed E-state index contributed by atoms with van der Waals surface area (Å²) in [7, 11) is 0. The van der Waals surface area contributed by atoms with Crippen LogP contribution in [0.15, 0.2) is 0 Å². The second kappa shape index (κ2) is 8.84. The highest BCUT2D eigenvalue weighted by Crippen LogP contribution is 2.33. The van der Waals surface area contributed by atoms with Crippen LogP contribution in [0.1, 0.15) is 25.7 Å². The lowest BCUT2D eigenvalue weighted by atomic mass is 9.87. The van der Waals surface area contributed by atoms with E-state index in [2.05, 4.69) is 31.5 Å². The maximum Gasteiger partial charge on any atom is 0.390 e. The number of rotatable bonds is 4. The molecule has 1 amide bonds. The zero-order valence-corrected chi connectivity index (χ0v) is 17.1. The van der Waals surface area contributed by atoms with Crippen LogP contribution in [0.5, 0.6) is 0 Å². The number of hydrazine groups is 2. The van der Waals surface area contributed by atoms with Gasteiger partial charge in [0, 0.05) is 56.8 Å². The second-order valence-corrected chi connectivity index (χ2v) is 9.22. The zero-order valence-electron chi connectivity index (χ0n) is 16.3. The number of nitrogens with zero attached hydrogens (tertiary/aromatic N) is 2. The Morgan fingerprint density at radius 2 is 2.00 bits per heavy atom. The normalized spacial score (nSPS) is 39.9. The number of likely N-dealkylation sites (tertiary alicyclic amines) is 1. The van der Waals surface area contributed by atoms with E-state index in [4.69, 9.17) is 11.6 Å². The summed E-state index contributed by atoms with van der Waals surface area (Å²) in [5.74, 6) is 0.181. The highest BCUT2D eigenvalue weighted by molar-refractivity contribution is 6.31. The molecule has 4 heterocycles. The van der Waals surface area contributed by atoms with Crippen molar-refractivity contribution in [2.24, 2.45) is 11.8 Å². The summed E-state index contributed by atoms with van der Waals surface area (Å²) >= 11 is 6.32. The fourth-order valence-corrected chi connectivity index (χ4v) is 5.70. The summed E-state index contributed by atoms with van der Waals surface area (Å²) < 4.78 is 38.9. The van der Waals surface area contributed by atoms with Gasteiger partial charge in [-0.15, -0.1) is 11.6 Å². The average Bonchev–Trinajstić information content (AvgIpc) is 3.06. The van der Waals surface area contributed by atoms with Crippen LogP contribution in [0.3, 0.4) is 0 Å². The summed E-state index contributed by atoms with van der Waals surface area (Å²) in [6, 6.07) is -0.230. The van der Waals surface area contributed by atoms with Crippen LogP contribution in [0.4, 0.5) is 13.2 Å². The largest absolute Gasteiger partial charge is 0.390 e. The third-order valence-corrected chi connectivity index (χ3v) is 7.36. The monoisotopic (exact) mass is 438 g/mol. The van der Waals surface area contributed by atoms with E-state index in [1.54, 1.807) is 0 Å². The second-order valence-electron chi connectivity index (χ2n) is 8.75. The molecular formula is C18H30ClF3N6O. The molecule has 0 aromatic heterocycles. The number of nitrogens with one attached hydrogen (secondary N) is 4. The molecule has 6 atom stereocenters. The fraction of sp³-hybridized carbons (Fsp3) is 0.944. The lowest BCUT2D eigenvalue weighted by molar-refractivity contribution is -0.145. The van der Waals surface area contributed by atoms with Crippen molar-refractivity contribution < 1.29 is 18.0 Å². The van der Waals surface area contributed by atoms with Crippen molar-refractivity contribution in [1.29, 1.82) is 0 Å². The highest BCUT2D eigenvalue weighted by atomic mass is 35.5. The van der Waals surface area contributed by atoms with Crippen LogP contribution in [-0.4, -0.2) is 84.8 Å². The molecule has 0 aromatic rings. The lowest BCUT2D eigenvalue weighted by Gasteiger charge is -2.44. The summed E-state index contributed by atoms with van der Waals surface area (Å²) in [6.07, 6.45) is -2.24. The smallest absolute Gasteiger partial charge is 0.313 e. The molecule has 4 rings (SSSR count). The number of fused-ring (bicyclic) bond motifs is 1. The van der Waals surface area contributed by atoms with Gasteiger partial charge in [0.05, 0.1) is 6.42 Å². The van der Waals surface area contributed by atoms with Gasteiger partial charge in [0.1, 0.15) is 5.38 Å². The van der Waals surface area contributed by atoms with Crippen LogP contribution >= 0.6 is 11.6 Å². The molecule has 29 heavy (non-hydrogen) atoms. The minimum absolute atomic E-state index is 0.00637. The molecule has 4 aliphatic rings. The van der Waals surface area contributed by atoms with E-state index in [1.165, 1.54) is 0 Å². The van der Waals surface area contributed by atoms with Gasteiger partial charge >= 0.3 is 6.18 Å². The van der Waals surface area contributed by atoms with E-state index >= 15 is 0 Å². The van der Waals surface area contributed by atoms with Gasteiger partial charge in [0.2, 0.25) is 0 Å². The molecule has 4 N–H and O–H groups in total. The maximum atomic E-state index is 13.0. The number of piperidine rings is 2. The number of hydrogen-bond acceptors (Lipinski definition) is 6. The molecule has 11 heteroatoms. The first-order valence-electron chi connectivity index (χ1n) is 10.5. The highest BCUT2D eigenvalue weighted by Gasteiger charge is 2.44. The third-order valence-electron chi connectivity index (χ3n) is 6.87. The van der Waals surface area contributed by atoms with Crippen molar-refractivity contribution in [3.8, 4) is 0 Å². The number of amides is 1. The third kappa shape index (κ3) is 4.99. The molecular weight excluding hydrogens is 409 g/mol. The Bertz CT molecular complexity index is 596. The molecule has 4 saturated heterocycles. The molecule has 7 nitrogen and oxygen atoms in total. The van der Waals surface area contributed by atoms with Crippen LogP contribution < -0.4 is 21.6 Å². The average molecular weight is 439 g/mol. The molecule has 0 bridgehead atoms. The van der Waals surface area contributed by atoms with Gasteiger partial charge in [-0.1, -0.05) is 0 Å². The summed E-state index contributed by atoms with van der Waals surface area (Å²) in [5, 5.41) is 4.70. The van der Waals surface area contributed by atoms with Crippen molar-refractivity contribution in [3.05, 3.63) is 0 Å². The van der Waals surface area contributed by atoms with Crippen LogP contribution in [0.25, 0.3) is 0 Å². The summed E-state index contributed by atoms with van der Waals surface area (Å²) in [5.41, 5.74) is 8.92. The SMILES string of the molecule is O=C1NNCC(N2CCC3C(CNN3CC3CCCNC3CC(F)(F)F)C2)C1Cl. The predicted molar refractivity (Wildman–Crippen MR) is 103 cm³/mol. The van der Waals surface area contributed by atoms with E-state index in [0.717, 1.165) is 38.9 Å². The summed E-state index contributed by atoms with van der Waals surface area (Å²) in [4.78, 5) is 14.1. The van der Waals surface area contributed by atoms with E-state index < -0.39 is 24.0 Å². The molecule has 6 unspecified atom stereocenters. The van der Waals surface area contributed by atoms with Crippen LogP contribution in [-0.2, 0) is 4.79 Å². The number of hydrogen-bond donors (Lipinski definition) is 4. The van der Waals surface area contributed by atoms with Crippen molar-refractivity contribution >= 4 is 17.5 Å². The Kier molecular flexibility index (Phi) is 6.58. The van der Waals surface area contributed by atoms with E-state index in [-0.39, 0.29) is 17.9 Å². The van der Waals surface area contributed by atoms with Crippen molar-refractivity contribution in [3.63, 3.8) is 0 Å². The Hall–Kier alpha value is -0.650. The number of halogens is 4. The minimum Gasteiger partial charge on any atom is -0.313 e. The fourth-order valence-electron chi connectivity index (χ4n) is 5.39. The maximum absolute atomic E-state index is 13.0. The van der Waals surface area contributed by atoms with Gasteiger partial charge in [0.15, 0.2) is 0 Å². The molecule has 166 valence electrons. The Morgan fingerprint density at radius 3 is 2.79 bits per heavy atom. The van der Waals surface area contributed by atoms with E-state index in [9.17, 15) is 18.0 Å². The standard InChI is InChI=1S/C18H30ClF3N6O/c19-16-15(8-24-26-17(16)29)27-5-3-14-12(9-27)7-25-28(14)10-11-2-1-4-23-13(11)6-18(20,21)22/h11-16,23-25H,1-10H2,(H,26,29). The van der Waals surface area contributed by atoms with Crippen molar-refractivity contribution in [1.82, 2.24) is 31.5 Å². The molecule has 4 aliphatic heterocycles. The topological polar surface area (TPSA) is 71.7 Å². The lowest BCUT2D eigenvalue weighted by Crippen LogP contribution is -2.64. The minimum atomic E-state index is -4.14. The first kappa shape index (κ1) is 21.6. The Morgan fingerprint density at radius 1 is 1.17 bits per heavy atom. The first-order valence-corrected chi connectivity index (χ1v) is 11.0. The quantitative estimate of drug-likeness (QED) is 0.477. The van der Waals surface area contributed by atoms with Crippen LogP contribution in [0.2, 0.25) is 0 Å².